The van der Waals surface area contributed by atoms with Crippen molar-refractivity contribution in [2.24, 2.45) is 5.92 Å². The van der Waals surface area contributed by atoms with Gasteiger partial charge in [0.05, 0.1) is 19.7 Å². The molecule has 1 fully saturated rings. The summed E-state index contributed by atoms with van der Waals surface area (Å²) in [5.74, 6) is 1.03. The molecule has 37 heavy (non-hydrogen) atoms. The largest absolute Gasteiger partial charge is 0.497 e. The maximum absolute atomic E-state index is 13.9. The molecule has 1 saturated carbocycles. The van der Waals surface area contributed by atoms with Crippen molar-refractivity contribution in [2.75, 3.05) is 40.5 Å². The van der Waals surface area contributed by atoms with Gasteiger partial charge in [-0.1, -0.05) is 42.5 Å². The fourth-order valence-electron chi connectivity index (χ4n) is 5.42. The van der Waals surface area contributed by atoms with Gasteiger partial charge >= 0.3 is 0 Å². The van der Waals surface area contributed by atoms with Crippen LogP contribution in [0.3, 0.4) is 0 Å². The van der Waals surface area contributed by atoms with E-state index in [4.69, 9.17) is 9.47 Å². The zero-order chi connectivity index (χ0) is 25.8. The Bertz CT molecular complexity index is 1210. The van der Waals surface area contributed by atoms with E-state index in [9.17, 15) is 9.59 Å². The number of amides is 2. The minimum atomic E-state index is -0.165. The Hall–Kier alpha value is -3.16. The van der Waals surface area contributed by atoms with Crippen molar-refractivity contribution < 1.29 is 19.1 Å². The second-order valence-electron chi connectivity index (χ2n) is 9.78. The Labute approximate surface area is 222 Å². The molecule has 5 rings (SSSR count). The highest BCUT2D eigenvalue weighted by Crippen LogP contribution is 2.48. The van der Waals surface area contributed by atoms with E-state index in [-0.39, 0.29) is 36.2 Å². The molecule has 1 aromatic heterocycles. The predicted octanol–water partition coefficient (Wildman–Crippen LogP) is 4.90. The maximum Gasteiger partial charge on any atom is 0.242 e. The highest BCUT2D eigenvalue weighted by molar-refractivity contribution is 7.10. The molecule has 2 heterocycles. The van der Waals surface area contributed by atoms with Crippen molar-refractivity contribution in [1.82, 2.24) is 9.80 Å². The van der Waals surface area contributed by atoms with Gasteiger partial charge in [-0.3, -0.25) is 9.59 Å². The van der Waals surface area contributed by atoms with E-state index in [2.05, 4.69) is 23.6 Å². The molecule has 194 valence electrons. The van der Waals surface area contributed by atoms with E-state index in [0.29, 0.717) is 26.1 Å². The van der Waals surface area contributed by atoms with Crippen LogP contribution in [0.2, 0.25) is 0 Å². The van der Waals surface area contributed by atoms with E-state index in [1.54, 1.807) is 30.5 Å². The molecule has 0 saturated heterocycles. The highest BCUT2D eigenvalue weighted by atomic mass is 32.1. The van der Waals surface area contributed by atoms with Gasteiger partial charge in [0, 0.05) is 37.6 Å². The van der Waals surface area contributed by atoms with Crippen molar-refractivity contribution in [3.8, 4) is 5.75 Å². The first-order valence-electron chi connectivity index (χ1n) is 12.9. The summed E-state index contributed by atoms with van der Waals surface area (Å²) in [6, 6.07) is 20.1. The van der Waals surface area contributed by atoms with E-state index in [1.165, 1.54) is 16.0 Å². The smallest absolute Gasteiger partial charge is 0.242 e. The van der Waals surface area contributed by atoms with Crippen LogP contribution in [0, 0.1) is 5.92 Å². The topological polar surface area (TPSA) is 59.1 Å². The fraction of sp³-hybridized carbons (Fsp3) is 0.400. The molecular weight excluding hydrogens is 484 g/mol. The molecule has 2 aromatic carbocycles. The third-order valence-corrected chi connectivity index (χ3v) is 8.46. The molecule has 0 N–H and O–H groups in total. The highest BCUT2D eigenvalue weighted by Gasteiger charge is 2.46. The van der Waals surface area contributed by atoms with Gasteiger partial charge in [0.2, 0.25) is 11.8 Å². The Morgan fingerprint density at radius 2 is 1.81 bits per heavy atom. The molecule has 0 radical (unpaired) electrons. The van der Waals surface area contributed by atoms with Crippen LogP contribution in [0.1, 0.15) is 46.4 Å². The number of ether oxygens (including phenoxy) is 2. The van der Waals surface area contributed by atoms with Crippen LogP contribution in [0.4, 0.5) is 0 Å². The Morgan fingerprint density at radius 3 is 2.54 bits per heavy atom. The van der Waals surface area contributed by atoms with Crippen molar-refractivity contribution in [1.29, 1.82) is 0 Å². The maximum atomic E-state index is 13.9. The summed E-state index contributed by atoms with van der Waals surface area (Å²) in [7, 11) is 3.31. The van der Waals surface area contributed by atoms with Crippen molar-refractivity contribution in [3.63, 3.8) is 0 Å². The number of nitrogens with zero attached hydrogens (tertiary/aromatic N) is 2. The van der Waals surface area contributed by atoms with Gasteiger partial charge in [-0.2, -0.15) is 0 Å². The lowest BCUT2D eigenvalue weighted by atomic mass is 9.93. The summed E-state index contributed by atoms with van der Waals surface area (Å²) in [5, 5.41) is 2.10. The number of benzene rings is 2. The molecule has 0 spiro atoms. The van der Waals surface area contributed by atoms with Gasteiger partial charge < -0.3 is 19.3 Å². The fourth-order valence-corrected chi connectivity index (χ4v) is 6.33. The zero-order valence-corrected chi connectivity index (χ0v) is 22.3. The Morgan fingerprint density at radius 1 is 1.03 bits per heavy atom. The molecule has 7 heteroatoms. The summed E-state index contributed by atoms with van der Waals surface area (Å²) in [5.41, 5.74) is 3.43. The Balaban J connectivity index is 1.35. The molecule has 2 unspecified atom stereocenters. The number of methoxy groups -OCH3 is 2. The van der Waals surface area contributed by atoms with Crippen LogP contribution in [0.15, 0.2) is 66.0 Å². The minimum Gasteiger partial charge on any atom is -0.497 e. The second kappa shape index (κ2) is 11.5. The first-order chi connectivity index (χ1) is 18.1. The monoisotopic (exact) mass is 518 g/mol. The molecule has 0 bridgehead atoms. The summed E-state index contributed by atoms with van der Waals surface area (Å²) < 4.78 is 10.6. The van der Waals surface area contributed by atoms with Crippen LogP contribution < -0.4 is 4.74 Å². The van der Waals surface area contributed by atoms with Crippen molar-refractivity contribution >= 4 is 23.2 Å². The molecular formula is C30H34N2O4S. The standard InChI is InChI=1S/C30H34N2O4S/c1-35-17-6-15-31(30(34)26-19-25(26)21-7-4-3-5-8-21)20-28(33)32-16-13-27-24(14-18-37-27)29(32)22-9-11-23(36-2)12-10-22/h3-5,7-12,14,18,25-26,29H,6,13,15-17,19-20H2,1-2H3/t25-,26?,29?/m0/s1. The third kappa shape index (κ3) is 5.58. The number of fused-ring (bicyclic) bond motifs is 1. The predicted molar refractivity (Wildman–Crippen MR) is 145 cm³/mol. The average Bonchev–Trinajstić information content (AvgIpc) is 3.60. The van der Waals surface area contributed by atoms with Crippen LogP contribution in [-0.2, 0) is 20.7 Å². The van der Waals surface area contributed by atoms with Crippen molar-refractivity contribution in [2.45, 2.75) is 31.2 Å². The van der Waals surface area contributed by atoms with Gasteiger partial charge in [-0.25, -0.2) is 0 Å². The van der Waals surface area contributed by atoms with Crippen LogP contribution in [0.25, 0.3) is 0 Å². The first kappa shape index (κ1) is 25.5. The number of hydrogen-bond donors (Lipinski definition) is 0. The average molecular weight is 519 g/mol. The van der Waals surface area contributed by atoms with Gasteiger partial charge in [0.1, 0.15) is 5.75 Å². The number of carbonyl (C=O) groups is 2. The molecule has 2 aliphatic rings. The molecule has 2 amide bonds. The summed E-state index contributed by atoms with van der Waals surface area (Å²) in [6.07, 6.45) is 2.38. The second-order valence-corrected chi connectivity index (χ2v) is 10.8. The number of hydrogen-bond acceptors (Lipinski definition) is 5. The normalized spacial score (nSPS) is 20.3. The lowest BCUT2D eigenvalue weighted by molar-refractivity contribution is -0.142. The lowest BCUT2D eigenvalue weighted by Crippen LogP contribution is -2.47. The number of carbonyl (C=O) groups excluding carboxylic acids is 2. The molecule has 3 aromatic rings. The zero-order valence-electron chi connectivity index (χ0n) is 21.5. The number of rotatable bonds is 10. The van der Waals surface area contributed by atoms with Crippen LogP contribution in [0.5, 0.6) is 5.75 Å². The van der Waals surface area contributed by atoms with E-state index < -0.39 is 0 Å². The third-order valence-electron chi connectivity index (χ3n) is 7.47. The quantitative estimate of drug-likeness (QED) is 0.358. The van der Waals surface area contributed by atoms with Gasteiger partial charge in [0.25, 0.3) is 0 Å². The van der Waals surface area contributed by atoms with Crippen LogP contribution in [-0.4, -0.2) is 62.1 Å². The summed E-state index contributed by atoms with van der Waals surface area (Å²) in [6.45, 7) is 1.80. The number of thiophene rings is 1. The SMILES string of the molecule is COCCCN(CC(=O)N1CCc2sccc2C1c1ccc(OC)cc1)C(=O)C1C[C@H]1c1ccccc1. The van der Waals surface area contributed by atoms with E-state index >= 15 is 0 Å². The molecule has 1 aliphatic heterocycles. The molecule has 1 aliphatic carbocycles. The molecule has 6 nitrogen and oxygen atoms in total. The van der Waals surface area contributed by atoms with Crippen LogP contribution >= 0.6 is 11.3 Å². The summed E-state index contributed by atoms with van der Waals surface area (Å²) in [4.78, 5) is 32.5. The Kier molecular flexibility index (Phi) is 7.91. The van der Waals surface area contributed by atoms with Gasteiger partial charge in [-0.15, -0.1) is 11.3 Å². The lowest BCUT2D eigenvalue weighted by Gasteiger charge is -2.37. The first-order valence-corrected chi connectivity index (χ1v) is 13.8. The van der Waals surface area contributed by atoms with E-state index in [0.717, 1.165) is 24.2 Å². The van der Waals surface area contributed by atoms with E-state index in [1.807, 2.05) is 47.4 Å². The van der Waals surface area contributed by atoms with Crippen molar-refractivity contribution in [3.05, 3.63) is 87.6 Å². The molecule has 3 atom stereocenters. The van der Waals surface area contributed by atoms with Gasteiger partial charge in [-0.05, 0) is 65.4 Å². The summed E-state index contributed by atoms with van der Waals surface area (Å²) >= 11 is 1.75. The minimum absolute atomic E-state index is 0.0136. The van der Waals surface area contributed by atoms with Gasteiger partial charge in [0.15, 0.2) is 0 Å².